The average molecular weight is 269 g/mol. The van der Waals surface area contributed by atoms with E-state index in [2.05, 4.69) is 17.1 Å². The molecule has 1 saturated heterocycles. The zero-order valence-corrected chi connectivity index (χ0v) is 12.5. The second kappa shape index (κ2) is 5.04. The Labute approximate surface area is 115 Å². The average Bonchev–Trinajstić information content (AvgIpc) is 2.85. The highest BCUT2D eigenvalue weighted by molar-refractivity contribution is 5.89. The lowest BCUT2D eigenvalue weighted by molar-refractivity contribution is -0.175. The van der Waals surface area contributed by atoms with E-state index in [4.69, 9.17) is 10.5 Å². The van der Waals surface area contributed by atoms with E-state index in [-0.39, 0.29) is 23.3 Å². The SMILES string of the molecule is CCN(C)CCNC(=O)C1(N)C2CCOC2C1(C)C. The number of nitrogens with two attached hydrogens (primary N) is 1. The summed E-state index contributed by atoms with van der Waals surface area (Å²) < 4.78 is 5.70. The Morgan fingerprint density at radius 1 is 1.53 bits per heavy atom. The van der Waals surface area contributed by atoms with Crippen LogP contribution in [0.5, 0.6) is 0 Å². The van der Waals surface area contributed by atoms with Crippen molar-refractivity contribution in [2.24, 2.45) is 17.1 Å². The highest BCUT2D eigenvalue weighted by Crippen LogP contribution is 2.58. The van der Waals surface area contributed by atoms with E-state index >= 15 is 0 Å². The van der Waals surface area contributed by atoms with E-state index in [1.807, 2.05) is 20.9 Å². The number of rotatable bonds is 5. The molecule has 2 aliphatic rings. The summed E-state index contributed by atoms with van der Waals surface area (Å²) in [7, 11) is 2.04. The minimum absolute atomic E-state index is 0.0197. The zero-order valence-electron chi connectivity index (χ0n) is 12.5. The molecule has 19 heavy (non-hydrogen) atoms. The van der Waals surface area contributed by atoms with Crippen molar-refractivity contribution in [2.75, 3.05) is 33.3 Å². The highest BCUT2D eigenvalue weighted by atomic mass is 16.5. The second-order valence-corrected chi connectivity index (χ2v) is 6.43. The van der Waals surface area contributed by atoms with Crippen LogP contribution in [-0.2, 0) is 9.53 Å². The van der Waals surface area contributed by atoms with Gasteiger partial charge in [0.15, 0.2) is 0 Å². The first-order valence-electron chi connectivity index (χ1n) is 7.23. The summed E-state index contributed by atoms with van der Waals surface area (Å²) >= 11 is 0. The molecule has 1 amide bonds. The zero-order chi connectivity index (χ0) is 14.3. The van der Waals surface area contributed by atoms with Crippen LogP contribution in [0.25, 0.3) is 0 Å². The summed E-state index contributed by atoms with van der Waals surface area (Å²) in [5, 5.41) is 3.00. The predicted octanol–water partition coefficient (Wildman–Crippen LogP) is 0.197. The van der Waals surface area contributed by atoms with Gasteiger partial charge in [0.2, 0.25) is 5.91 Å². The van der Waals surface area contributed by atoms with Crippen molar-refractivity contribution >= 4 is 5.91 Å². The molecule has 110 valence electrons. The van der Waals surface area contributed by atoms with Crippen molar-refractivity contribution in [1.29, 1.82) is 0 Å². The van der Waals surface area contributed by atoms with E-state index < -0.39 is 5.54 Å². The van der Waals surface area contributed by atoms with Gasteiger partial charge in [-0.3, -0.25) is 4.79 Å². The molecular formula is C14H27N3O2. The van der Waals surface area contributed by atoms with E-state index in [0.717, 1.165) is 26.1 Å². The van der Waals surface area contributed by atoms with Gasteiger partial charge < -0.3 is 20.7 Å². The molecule has 0 bridgehead atoms. The van der Waals surface area contributed by atoms with Gasteiger partial charge in [-0.25, -0.2) is 0 Å². The van der Waals surface area contributed by atoms with Crippen LogP contribution in [0.2, 0.25) is 0 Å². The maximum absolute atomic E-state index is 12.5. The first-order valence-corrected chi connectivity index (χ1v) is 7.23. The molecule has 3 unspecified atom stereocenters. The first-order chi connectivity index (χ1) is 8.85. The highest BCUT2D eigenvalue weighted by Gasteiger charge is 2.71. The van der Waals surface area contributed by atoms with Crippen molar-refractivity contribution < 1.29 is 9.53 Å². The number of carbonyl (C=O) groups is 1. The van der Waals surface area contributed by atoms with Crippen LogP contribution in [0.1, 0.15) is 27.2 Å². The third kappa shape index (κ3) is 2.08. The summed E-state index contributed by atoms with van der Waals surface area (Å²) in [6, 6.07) is 0. The molecule has 1 saturated carbocycles. The van der Waals surface area contributed by atoms with Crippen LogP contribution in [0.4, 0.5) is 0 Å². The minimum Gasteiger partial charge on any atom is -0.377 e. The monoisotopic (exact) mass is 269 g/mol. The molecule has 5 nitrogen and oxygen atoms in total. The van der Waals surface area contributed by atoms with Crippen LogP contribution in [-0.4, -0.2) is 55.7 Å². The van der Waals surface area contributed by atoms with Crippen LogP contribution in [0.3, 0.4) is 0 Å². The van der Waals surface area contributed by atoms with Gasteiger partial charge in [-0.2, -0.15) is 0 Å². The second-order valence-electron chi connectivity index (χ2n) is 6.43. The Hall–Kier alpha value is -0.650. The molecular weight excluding hydrogens is 242 g/mol. The lowest BCUT2D eigenvalue weighted by atomic mass is 9.48. The predicted molar refractivity (Wildman–Crippen MR) is 74.7 cm³/mol. The first kappa shape index (κ1) is 14.8. The van der Waals surface area contributed by atoms with Gasteiger partial charge in [-0.15, -0.1) is 0 Å². The molecule has 2 fully saturated rings. The van der Waals surface area contributed by atoms with Crippen molar-refractivity contribution in [3.05, 3.63) is 0 Å². The van der Waals surface area contributed by atoms with Gasteiger partial charge in [-0.1, -0.05) is 20.8 Å². The van der Waals surface area contributed by atoms with Crippen molar-refractivity contribution in [3.8, 4) is 0 Å². The van der Waals surface area contributed by atoms with Gasteiger partial charge in [-0.05, 0) is 20.0 Å². The summed E-state index contributed by atoms with van der Waals surface area (Å²) in [5.74, 6) is 0.153. The molecule has 1 aliphatic heterocycles. The van der Waals surface area contributed by atoms with Crippen molar-refractivity contribution in [2.45, 2.75) is 38.8 Å². The quantitative estimate of drug-likeness (QED) is 0.748. The van der Waals surface area contributed by atoms with Gasteiger partial charge >= 0.3 is 0 Å². The molecule has 1 heterocycles. The molecule has 5 heteroatoms. The molecule has 1 aliphatic carbocycles. The number of fused-ring (bicyclic) bond motifs is 1. The largest absolute Gasteiger partial charge is 0.377 e. The van der Waals surface area contributed by atoms with E-state index in [0.29, 0.717) is 6.54 Å². The minimum atomic E-state index is -0.779. The lowest BCUT2D eigenvalue weighted by Crippen LogP contribution is -2.80. The van der Waals surface area contributed by atoms with Gasteiger partial charge in [0.25, 0.3) is 0 Å². The van der Waals surface area contributed by atoms with E-state index in [1.165, 1.54) is 0 Å². The summed E-state index contributed by atoms with van der Waals surface area (Å²) in [5.41, 5.74) is 5.39. The molecule has 0 spiro atoms. The Balaban J connectivity index is 1.94. The Bertz CT molecular complexity index is 359. The number of hydrogen-bond acceptors (Lipinski definition) is 4. The van der Waals surface area contributed by atoms with E-state index in [1.54, 1.807) is 0 Å². The third-order valence-electron chi connectivity index (χ3n) is 5.15. The van der Waals surface area contributed by atoms with Crippen LogP contribution in [0.15, 0.2) is 0 Å². The third-order valence-corrected chi connectivity index (χ3v) is 5.15. The summed E-state index contributed by atoms with van der Waals surface area (Å²) in [4.78, 5) is 14.6. The molecule has 3 N–H and O–H groups in total. The molecule has 2 rings (SSSR count). The maximum atomic E-state index is 12.5. The smallest absolute Gasteiger partial charge is 0.241 e. The standard InChI is InChI=1S/C14H27N3O2/c1-5-17(4)8-7-16-12(18)14(15)10-6-9-19-11(10)13(14,2)3/h10-11H,5-9,15H2,1-4H3,(H,16,18). The summed E-state index contributed by atoms with van der Waals surface area (Å²) in [6.07, 6.45) is 1.04. The fourth-order valence-corrected chi connectivity index (χ4v) is 3.51. The Morgan fingerprint density at radius 2 is 2.21 bits per heavy atom. The van der Waals surface area contributed by atoms with Gasteiger partial charge in [0.05, 0.1) is 6.10 Å². The van der Waals surface area contributed by atoms with E-state index in [9.17, 15) is 4.79 Å². The Kier molecular flexibility index (Phi) is 3.91. The van der Waals surface area contributed by atoms with Crippen molar-refractivity contribution in [1.82, 2.24) is 10.2 Å². The fraction of sp³-hybridized carbons (Fsp3) is 0.929. The van der Waals surface area contributed by atoms with Crippen LogP contribution < -0.4 is 11.1 Å². The maximum Gasteiger partial charge on any atom is 0.241 e. The number of likely N-dealkylation sites (N-methyl/N-ethyl adjacent to an activating group) is 1. The molecule has 0 aromatic heterocycles. The number of carbonyl (C=O) groups excluding carboxylic acids is 1. The molecule has 0 aromatic carbocycles. The number of hydrogen-bond donors (Lipinski definition) is 2. The van der Waals surface area contributed by atoms with Gasteiger partial charge in [0.1, 0.15) is 5.54 Å². The Morgan fingerprint density at radius 3 is 2.84 bits per heavy atom. The number of amides is 1. The summed E-state index contributed by atoms with van der Waals surface area (Å²) in [6.45, 7) is 9.38. The fourth-order valence-electron chi connectivity index (χ4n) is 3.51. The molecule has 0 aromatic rings. The normalized spacial score (nSPS) is 35.9. The van der Waals surface area contributed by atoms with Gasteiger partial charge in [0, 0.05) is 31.0 Å². The number of ether oxygens (including phenoxy) is 1. The van der Waals surface area contributed by atoms with Crippen LogP contribution >= 0.6 is 0 Å². The molecule has 0 radical (unpaired) electrons. The van der Waals surface area contributed by atoms with Crippen LogP contribution in [0, 0.1) is 11.3 Å². The number of nitrogens with one attached hydrogen (secondary N) is 1. The topological polar surface area (TPSA) is 67.6 Å². The van der Waals surface area contributed by atoms with Crippen molar-refractivity contribution in [3.63, 3.8) is 0 Å². The molecule has 3 atom stereocenters. The number of nitrogens with zero attached hydrogens (tertiary/aromatic N) is 1. The lowest BCUT2D eigenvalue weighted by Gasteiger charge is -2.60.